The first-order chi connectivity index (χ1) is 13.8. The third kappa shape index (κ3) is 3.10. The Balaban J connectivity index is 1.59. The van der Waals surface area contributed by atoms with Gasteiger partial charge in [0.25, 0.3) is 5.91 Å². The van der Waals surface area contributed by atoms with Crippen molar-refractivity contribution in [2.24, 2.45) is 0 Å². The van der Waals surface area contributed by atoms with Crippen LogP contribution in [0.15, 0.2) is 24.3 Å². The van der Waals surface area contributed by atoms with Crippen molar-refractivity contribution in [3.05, 3.63) is 41.2 Å². The zero-order valence-electron chi connectivity index (χ0n) is 17.1. The molecule has 150 valence electrons. The molecule has 3 heterocycles. The highest BCUT2D eigenvalue weighted by Gasteiger charge is 2.30. The summed E-state index contributed by atoms with van der Waals surface area (Å²) < 4.78 is 12.7. The van der Waals surface area contributed by atoms with E-state index in [9.17, 15) is 4.79 Å². The van der Waals surface area contributed by atoms with Gasteiger partial charge in [-0.1, -0.05) is 0 Å². The Bertz CT molecular complexity index is 1140. The maximum absolute atomic E-state index is 13.3. The number of ether oxygens (including phenoxy) is 2. The van der Waals surface area contributed by atoms with Crippen LogP contribution in [0.2, 0.25) is 0 Å². The highest BCUT2D eigenvalue weighted by atomic mass is 16.7. The lowest BCUT2D eigenvalue weighted by Gasteiger charge is -2.20. The fourth-order valence-corrected chi connectivity index (χ4v) is 3.72. The first-order valence-corrected chi connectivity index (χ1v) is 9.93. The number of hydrogen-bond acceptors (Lipinski definition) is 5. The molecule has 7 nitrogen and oxygen atoms in total. The quantitative estimate of drug-likeness (QED) is 0.717. The van der Waals surface area contributed by atoms with Crippen molar-refractivity contribution in [1.82, 2.24) is 14.8 Å². The van der Waals surface area contributed by atoms with Gasteiger partial charge in [-0.15, -0.1) is 0 Å². The number of hydrogen-bond donors (Lipinski definition) is 1. The Hall–Kier alpha value is -3.09. The van der Waals surface area contributed by atoms with E-state index < -0.39 is 0 Å². The minimum atomic E-state index is -0.229. The molecule has 2 aliphatic rings. The zero-order valence-corrected chi connectivity index (χ0v) is 17.1. The van der Waals surface area contributed by atoms with Crippen molar-refractivity contribution in [2.45, 2.75) is 52.0 Å². The molecule has 1 aromatic carbocycles. The summed E-state index contributed by atoms with van der Waals surface area (Å²) in [4.78, 5) is 18.2. The number of aryl methyl sites for hydroxylation is 1. The number of rotatable bonds is 3. The van der Waals surface area contributed by atoms with Crippen molar-refractivity contribution >= 4 is 22.6 Å². The average molecular weight is 392 g/mol. The number of fused-ring (bicyclic) bond motifs is 2. The molecular weight excluding hydrogens is 368 g/mol. The van der Waals surface area contributed by atoms with E-state index in [2.05, 4.69) is 26.1 Å². The second-order valence-electron chi connectivity index (χ2n) is 8.76. The van der Waals surface area contributed by atoms with Crippen LogP contribution in [0.5, 0.6) is 11.5 Å². The molecule has 1 aliphatic heterocycles. The van der Waals surface area contributed by atoms with Crippen LogP contribution in [0.25, 0.3) is 11.0 Å². The van der Waals surface area contributed by atoms with E-state index in [-0.39, 0.29) is 18.2 Å². The van der Waals surface area contributed by atoms with Gasteiger partial charge in [-0.3, -0.25) is 4.79 Å². The largest absolute Gasteiger partial charge is 0.454 e. The number of aromatic nitrogens is 3. The molecule has 1 amide bonds. The van der Waals surface area contributed by atoms with Gasteiger partial charge in [0.2, 0.25) is 6.79 Å². The van der Waals surface area contributed by atoms with Crippen LogP contribution >= 0.6 is 0 Å². The Morgan fingerprint density at radius 3 is 2.66 bits per heavy atom. The minimum Gasteiger partial charge on any atom is -0.454 e. The summed E-state index contributed by atoms with van der Waals surface area (Å²) in [7, 11) is 0. The lowest BCUT2D eigenvalue weighted by molar-refractivity contribution is 0.102. The van der Waals surface area contributed by atoms with Crippen molar-refractivity contribution in [3.8, 4) is 11.5 Å². The van der Waals surface area contributed by atoms with E-state index in [1.807, 2.05) is 23.7 Å². The predicted molar refractivity (Wildman–Crippen MR) is 110 cm³/mol. The lowest BCUT2D eigenvalue weighted by atomic mass is 10.1. The van der Waals surface area contributed by atoms with E-state index in [0.29, 0.717) is 28.7 Å². The number of amides is 1. The molecule has 0 bridgehead atoms. The molecular formula is C22H24N4O3. The first-order valence-electron chi connectivity index (χ1n) is 9.93. The molecule has 3 aromatic rings. The Kier molecular flexibility index (Phi) is 3.84. The highest BCUT2D eigenvalue weighted by Crippen LogP contribution is 2.41. The van der Waals surface area contributed by atoms with Crippen LogP contribution in [0.4, 0.5) is 5.69 Å². The zero-order chi connectivity index (χ0) is 20.3. The number of nitrogens with zero attached hydrogens (tertiary/aromatic N) is 3. The average Bonchev–Trinajstić information content (AvgIpc) is 3.32. The maximum atomic E-state index is 13.3. The highest BCUT2D eigenvalue weighted by molar-refractivity contribution is 6.12. The second kappa shape index (κ2) is 6.20. The Morgan fingerprint density at radius 1 is 1.17 bits per heavy atom. The fraction of sp³-hybridized carbons (Fsp3) is 0.409. The second-order valence-corrected chi connectivity index (χ2v) is 8.76. The number of anilines is 1. The smallest absolute Gasteiger partial charge is 0.256 e. The van der Waals surface area contributed by atoms with Gasteiger partial charge in [0, 0.05) is 23.4 Å². The first kappa shape index (κ1) is 18.0. The van der Waals surface area contributed by atoms with E-state index in [1.54, 1.807) is 12.1 Å². The summed E-state index contributed by atoms with van der Waals surface area (Å²) in [6, 6.07) is 7.34. The van der Waals surface area contributed by atoms with Crippen molar-refractivity contribution < 1.29 is 14.3 Å². The number of carbonyl (C=O) groups is 1. The van der Waals surface area contributed by atoms with Gasteiger partial charge >= 0.3 is 0 Å². The lowest BCUT2D eigenvalue weighted by Crippen LogP contribution is -2.23. The molecule has 2 aromatic heterocycles. The molecule has 5 rings (SSSR count). The monoisotopic (exact) mass is 392 g/mol. The fourth-order valence-electron chi connectivity index (χ4n) is 3.72. The summed E-state index contributed by atoms with van der Waals surface area (Å²) in [5, 5.41) is 8.53. The maximum Gasteiger partial charge on any atom is 0.256 e. The summed E-state index contributed by atoms with van der Waals surface area (Å²) in [5.41, 5.74) is 3.60. The van der Waals surface area contributed by atoms with Gasteiger partial charge in [-0.05, 0) is 58.7 Å². The van der Waals surface area contributed by atoms with Crippen LogP contribution in [0.3, 0.4) is 0 Å². The molecule has 29 heavy (non-hydrogen) atoms. The summed E-state index contributed by atoms with van der Waals surface area (Å²) in [5.74, 6) is 1.58. The number of carbonyl (C=O) groups excluding carboxylic acids is 1. The van der Waals surface area contributed by atoms with E-state index in [4.69, 9.17) is 19.6 Å². The molecule has 0 atom stereocenters. The topological polar surface area (TPSA) is 78.3 Å². The van der Waals surface area contributed by atoms with Crippen LogP contribution in [-0.4, -0.2) is 27.5 Å². The van der Waals surface area contributed by atoms with E-state index in [1.165, 1.54) is 0 Å². The minimum absolute atomic E-state index is 0.172. The third-order valence-electron chi connectivity index (χ3n) is 5.34. The molecule has 0 saturated heterocycles. The number of nitrogens with one attached hydrogen (secondary N) is 1. The normalized spacial score (nSPS) is 15.7. The number of benzene rings is 1. The summed E-state index contributed by atoms with van der Waals surface area (Å²) in [6.45, 7) is 8.41. The van der Waals surface area contributed by atoms with Crippen LogP contribution in [0, 0.1) is 6.92 Å². The van der Waals surface area contributed by atoms with Gasteiger partial charge in [-0.2, -0.15) is 5.10 Å². The van der Waals surface area contributed by atoms with Gasteiger partial charge in [0.15, 0.2) is 17.1 Å². The summed E-state index contributed by atoms with van der Waals surface area (Å²) >= 11 is 0. The van der Waals surface area contributed by atoms with Crippen LogP contribution in [-0.2, 0) is 5.54 Å². The van der Waals surface area contributed by atoms with Gasteiger partial charge in [-0.25, -0.2) is 9.67 Å². The van der Waals surface area contributed by atoms with Gasteiger partial charge in [0.1, 0.15) is 0 Å². The predicted octanol–water partition coefficient (Wildman–Crippen LogP) is 4.35. The van der Waals surface area contributed by atoms with Crippen LogP contribution in [0.1, 0.15) is 61.3 Å². The molecule has 1 saturated carbocycles. The summed E-state index contributed by atoms with van der Waals surface area (Å²) in [6.07, 6.45) is 2.23. The molecule has 0 radical (unpaired) electrons. The molecule has 1 N–H and O–H groups in total. The molecule has 1 fully saturated rings. The van der Waals surface area contributed by atoms with E-state index >= 15 is 0 Å². The van der Waals surface area contributed by atoms with Crippen molar-refractivity contribution in [3.63, 3.8) is 0 Å². The van der Waals surface area contributed by atoms with E-state index in [0.717, 1.165) is 35.3 Å². The SMILES string of the molecule is Cc1nn(C(C)(C)C)c2nc(C3CC3)cc(C(=O)Nc3ccc4c(c3)OCO4)c12. The standard InChI is InChI=1S/C22H24N4O3/c1-12-19-15(21(27)23-14-7-8-17-18(9-14)29-11-28-17)10-16(13-5-6-13)24-20(19)26(25-12)22(2,3)4/h7-10,13H,5-6,11H2,1-4H3,(H,23,27). The van der Waals surface area contributed by atoms with Gasteiger partial charge in [0.05, 0.1) is 22.2 Å². The molecule has 0 spiro atoms. The van der Waals surface area contributed by atoms with Gasteiger partial charge < -0.3 is 14.8 Å². The Morgan fingerprint density at radius 2 is 1.93 bits per heavy atom. The van der Waals surface area contributed by atoms with Crippen LogP contribution < -0.4 is 14.8 Å². The van der Waals surface area contributed by atoms with Crippen molar-refractivity contribution in [1.29, 1.82) is 0 Å². The third-order valence-corrected chi connectivity index (χ3v) is 5.34. The number of pyridine rings is 1. The molecule has 0 unspecified atom stereocenters. The van der Waals surface area contributed by atoms with Crippen molar-refractivity contribution in [2.75, 3.05) is 12.1 Å². The Labute approximate surface area is 169 Å². The molecule has 1 aliphatic carbocycles. The molecule has 7 heteroatoms.